The molecule has 3 rings (SSSR count). The molecule has 3 aromatic rings. The zero-order chi connectivity index (χ0) is 16.9. The fourth-order valence-electron chi connectivity index (χ4n) is 2.07. The van der Waals surface area contributed by atoms with Crippen LogP contribution in [-0.2, 0) is 0 Å². The molecule has 8 heteroatoms. The van der Waals surface area contributed by atoms with Gasteiger partial charge in [-0.05, 0) is 46.8 Å². The van der Waals surface area contributed by atoms with Gasteiger partial charge in [0.25, 0.3) is 0 Å². The van der Waals surface area contributed by atoms with Crippen molar-refractivity contribution in [1.29, 1.82) is 0 Å². The molecule has 0 aliphatic carbocycles. The Hall–Kier alpha value is -3.55. The number of carbonyl (C=O) groups is 1. The minimum Gasteiger partial charge on any atom is -0.478 e. The number of benzene rings is 2. The Labute approximate surface area is 136 Å². The van der Waals surface area contributed by atoms with Crippen LogP contribution in [-0.4, -0.2) is 31.3 Å². The molecular weight excluding hydrogens is 313 g/mol. The van der Waals surface area contributed by atoms with Crippen LogP contribution in [0.1, 0.15) is 16.2 Å². The number of rotatable bonds is 5. The summed E-state index contributed by atoms with van der Waals surface area (Å²) >= 11 is 0. The molecule has 0 aliphatic heterocycles. The van der Waals surface area contributed by atoms with Gasteiger partial charge in [0.05, 0.1) is 16.9 Å². The minimum atomic E-state index is -1.03. The number of halogens is 1. The first-order valence-corrected chi connectivity index (χ1v) is 6.95. The Morgan fingerprint density at radius 1 is 1.17 bits per heavy atom. The number of hydrogen-bond donors (Lipinski definition) is 2. The lowest BCUT2D eigenvalue weighted by molar-refractivity contribution is 0.0698. The van der Waals surface area contributed by atoms with Gasteiger partial charge in [0.1, 0.15) is 5.82 Å². The van der Waals surface area contributed by atoms with Gasteiger partial charge in [-0.25, -0.2) is 9.18 Å². The third-order valence-electron chi connectivity index (χ3n) is 3.19. The Bertz CT molecular complexity index is 889. The summed E-state index contributed by atoms with van der Waals surface area (Å²) in [6.45, 7) is 0. The fraction of sp³-hybridized carbons (Fsp3) is 0. The maximum atomic E-state index is 13.0. The SMILES string of the molecule is O=C(O)c1ccccc1NC=Cc1nnnn1-c1ccc(F)cc1. The monoisotopic (exact) mass is 325 g/mol. The van der Waals surface area contributed by atoms with Crippen molar-refractivity contribution in [1.82, 2.24) is 20.2 Å². The highest BCUT2D eigenvalue weighted by molar-refractivity contribution is 5.94. The van der Waals surface area contributed by atoms with E-state index in [1.54, 1.807) is 36.4 Å². The summed E-state index contributed by atoms with van der Waals surface area (Å²) in [7, 11) is 0. The van der Waals surface area contributed by atoms with Gasteiger partial charge in [0, 0.05) is 12.3 Å². The summed E-state index contributed by atoms with van der Waals surface area (Å²) < 4.78 is 14.4. The first-order chi connectivity index (χ1) is 11.6. The Morgan fingerprint density at radius 2 is 1.92 bits per heavy atom. The van der Waals surface area contributed by atoms with Gasteiger partial charge in [0.2, 0.25) is 0 Å². The van der Waals surface area contributed by atoms with Crippen LogP contribution in [0.3, 0.4) is 0 Å². The molecule has 1 heterocycles. The number of nitrogens with one attached hydrogen (secondary N) is 1. The molecule has 24 heavy (non-hydrogen) atoms. The van der Waals surface area contributed by atoms with E-state index in [0.717, 1.165) is 0 Å². The van der Waals surface area contributed by atoms with Crippen LogP contribution in [0.15, 0.2) is 54.7 Å². The second kappa shape index (κ2) is 6.69. The Kier molecular flexibility index (Phi) is 4.28. The van der Waals surface area contributed by atoms with Gasteiger partial charge < -0.3 is 10.4 Å². The lowest BCUT2D eigenvalue weighted by atomic mass is 10.2. The summed E-state index contributed by atoms with van der Waals surface area (Å²) in [4.78, 5) is 11.1. The van der Waals surface area contributed by atoms with Crippen LogP contribution in [0.25, 0.3) is 11.8 Å². The molecule has 0 radical (unpaired) electrons. The lowest BCUT2D eigenvalue weighted by Gasteiger charge is -2.05. The number of carboxylic acids is 1. The first-order valence-electron chi connectivity index (χ1n) is 6.95. The summed E-state index contributed by atoms with van der Waals surface area (Å²) in [6, 6.07) is 12.3. The van der Waals surface area contributed by atoms with Crippen molar-refractivity contribution >= 4 is 17.7 Å². The number of hydrogen-bond acceptors (Lipinski definition) is 5. The van der Waals surface area contributed by atoms with Crippen LogP contribution in [0.5, 0.6) is 0 Å². The third kappa shape index (κ3) is 3.27. The van der Waals surface area contributed by atoms with E-state index >= 15 is 0 Å². The van der Waals surface area contributed by atoms with E-state index in [-0.39, 0.29) is 11.4 Å². The standard InChI is InChI=1S/C16H12FN5O2/c17-11-5-7-12(8-6-11)22-15(19-20-21-22)9-10-18-14-4-2-1-3-13(14)16(23)24/h1-10,18H,(H,23,24). The molecular formula is C16H12FN5O2. The topological polar surface area (TPSA) is 92.9 Å². The van der Waals surface area contributed by atoms with E-state index in [0.29, 0.717) is 17.2 Å². The Morgan fingerprint density at radius 3 is 2.67 bits per heavy atom. The average molecular weight is 325 g/mol. The van der Waals surface area contributed by atoms with Crippen molar-refractivity contribution in [3.8, 4) is 5.69 Å². The number of aromatic nitrogens is 4. The molecule has 120 valence electrons. The molecule has 2 N–H and O–H groups in total. The summed E-state index contributed by atoms with van der Waals surface area (Å²) in [5, 5.41) is 23.3. The molecule has 2 aromatic carbocycles. The van der Waals surface area contributed by atoms with Crippen LogP contribution in [0.4, 0.5) is 10.1 Å². The van der Waals surface area contributed by atoms with E-state index < -0.39 is 5.97 Å². The molecule has 0 atom stereocenters. The van der Waals surface area contributed by atoms with Crippen LogP contribution in [0.2, 0.25) is 0 Å². The predicted octanol–water partition coefficient (Wildman–Crippen LogP) is 2.58. The maximum Gasteiger partial charge on any atom is 0.337 e. The average Bonchev–Trinajstić information content (AvgIpc) is 3.04. The number of anilines is 1. The number of carboxylic acid groups (broad SMARTS) is 1. The molecule has 1 aromatic heterocycles. The molecule has 0 aliphatic rings. The second-order valence-electron chi connectivity index (χ2n) is 4.75. The molecule has 0 saturated heterocycles. The summed E-state index contributed by atoms with van der Waals surface area (Å²) in [5.41, 5.74) is 1.20. The van der Waals surface area contributed by atoms with Gasteiger partial charge in [-0.3, -0.25) is 0 Å². The van der Waals surface area contributed by atoms with Gasteiger partial charge in [-0.2, -0.15) is 4.68 Å². The molecule has 7 nitrogen and oxygen atoms in total. The highest BCUT2D eigenvalue weighted by atomic mass is 19.1. The van der Waals surface area contributed by atoms with E-state index in [1.165, 1.54) is 29.1 Å². The van der Waals surface area contributed by atoms with E-state index in [9.17, 15) is 9.18 Å². The molecule has 0 saturated carbocycles. The zero-order valence-electron chi connectivity index (χ0n) is 12.3. The predicted molar refractivity (Wildman–Crippen MR) is 85.2 cm³/mol. The molecule has 0 amide bonds. The fourth-order valence-corrected chi connectivity index (χ4v) is 2.07. The summed E-state index contributed by atoms with van der Waals surface area (Å²) in [6.07, 6.45) is 3.12. The van der Waals surface area contributed by atoms with Gasteiger partial charge in [-0.1, -0.05) is 12.1 Å². The van der Waals surface area contributed by atoms with E-state index in [2.05, 4.69) is 20.8 Å². The zero-order valence-corrected chi connectivity index (χ0v) is 12.3. The number of para-hydroxylation sites is 1. The van der Waals surface area contributed by atoms with E-state index in [4.69, 9.17) is 5.11 Å². The maximum absolute atomic E-state index is 13.0. The van der Waals surface area contributed by atoms with Crippen LogP contribution >= 0.6 is 0 Å². The largest absolute Gasteiger partial charge is 0.478 e. The summed E-state index contributed by atoms with van der Waals surface area (Å²) in [5.74, 6) is -0.972. The van der Waals surface area contributed by atoms with Crippen molar-refractivity contribution in [3.63, 3.8) is 0 Å². The highest BCUT2D eigenvalue weighted by Gasteiger charge is 2.08. The third-order valence-corrected chi connectivity index (χ3v) is 3.19. The van der Waals surface area contributed by atoms with Crippen molar-refractivity contribution in [2.24, 2.45) is 0 Å². The van der Waals surface area contributed by atoms with Crippen LogP contribution in [0, 0.1) is 5.82 Å². The highest BCUT2D eigenvalue weighted by Crippen LogP contribution is 2.15. The van der Waals surface area contributed by atoms with Crippen molar-refractivity contribution < 1.29 is 14.3 Å². The Balaban J connectivity index is 1.81. The minimum absolute atomic E-state index is 0.153. The molecule has 0 unspecified atom stereocenters. The van der Waals surface area contributed by atoms with Crippen molar-refractivity contribution in [2.75, 3.05) is 5.32 Å². The van der Waals surface area contributed by atoms with Crippen molar-refractivity contribution in [3.05, 3.63) is 71.9 Å². The van der Waals surface area contributed by atoms with Gasteiger partial charge >= 0.3 is 5.97 Å². The first kappa shape index (κ1) is 15.3. The molecule has 0 spiro atoms. The van der Waals surface area contributed by atoms with Crippen molar-refractivity contribution in [2.45, 2.75) is 0 Å². The quantitative estimate of drug-likeness (QED) is 0.749. The smallest absolute Gasteiger partial charge is 0.337 e. The molecule has 0 bridgehead atoms. The molecule has 0 fully saturated rings. The van der Waals surface area contributed by atoms with E-state index in [1.807, 2.05) is 0 Å². The van der Waals surface area contributed by atoms with Gasteiger partial charge in [-0.15, -0.1) is 5.10 Å². The normalized spacial score (nSPS) is 10.9. The van der Waals surface area contributed by atoms with Crippen LogP contribution < -0.4 is 5.32 Å². The number of nitrogens with zero attached hydrogens (tertiary/aromatic N) is 4. The second-order valence-corrected chi connectivity index (χ2v) is 4.75. The number of aromatic carboxylic acids is 1. The van der Waals surface area contributed by atoms with Gasteiger partial charge in [0.15, 0.2) is 5.82 Å². The number of tetrazole rings is 1. The lowest BCUT2D eigenvalue weighted by Crippen LogP contribution is -2.02.